The fourth-order valence-electron chi connectivity index (χ4n) is 1.72. The number of hydrogen-bond acceptors (Lipinski definition) is 4. The van der Waals surface area contributed by atoms with E-state index in [2.05, 4.69) is 10.2 Å². The summed E-state index contributed by atoms with van der Waals surface area (Å²) in [6.07, 6.45) is 0.882. The largest absolute Gasteiger partial charge is 0.492 e. The quantitative estimate of drug-likeness (QED) is 0.768. The number of likely N-dealkylation sites (N-methyl/N-ethyl adjacent to an activating group) is 1. The van der Waals surface area contributed by atoms with Crippen LogP contribution in [0, 0.1) is 5.92 Å². The number of carbonyl (C=O) groups excluding carboxylic acids is 1. The molecule has 0 aliphatic rings. The third kappa shape index (κ3) is 6.14. The number of ether oxygens (including phenoxy) is 1. The molecule has 0 bridgehead atoms. The zero-order valence-electron chi connectivity index (χ0n) is 13.4. The van der Waals surface area contributed by atoms with Crippen molar-refractivity contribution < 1.29 is 9.53 Å². The third-order valence-corrected chi connectivity index (χ3v) is 3.49. The van der Waals surface area contributed by atoms with Crippen molar-refractivity contribution in [1.82, 2.24) is 4.90 Å². The first kappa shape index (κ1) is 17.5. The smallest absolute Gasteiger partial charge is 0.241 e. The molecule has 0 unspecified atom stereocenters. The molecule has 1 aromatic carbocycles. The SMILES string of the molecule is CC[C@H](C)[C@H](N)C(=O)Nc1ccc(OCCN(C)C)cc1. The van der Waals surface area contributed by atoms with Crippen molar-refractivity contribution in [2.45, 2.75) is 26.3 Å². The first-order valence-corrected chi connectivity index (χ1v) is 7.38. The van der Waals surface area contributed by atoms with Crippen molar-refractivity contribution in [2.75, 3.05) is 32.6 Å². The topological polar surface area (TPSA) is 67.6 Å². The van der Waals surface area contributed by atoms with Crippen LogP contribution >= 0.6 is 0 Å². The van der Waals surface area contributed by atoms with Crippen LogP contribution in [-0.2, 0) is 4.79 Å². The minimum absolute atomic E-state index is 0.148. The van der Waals surface area contributed by atoms with E-state index in [1.54, 1.807) is 0 Å². The van der Waals surface area contributed by atoms with Gasteiger partial charge in [0.05, 0.1) is 6.04 Å². The Hall–Kier alpha value is -1.59. The lowest BCUT2D eigenvalue weighted by molar-refractivity contribution is -0.118. The van der Waals surface area contributed by atoms with Gasteiger partial charge >= 0.3 is 0 Å². The van der Waals surface area contributed by atoms with E-state index in [1.165, 1.54) is 0 Å². The van der Waals surface area contributed by atoms with E-state index in [9.17, 15) is 4.79 Å². The van der Waals surface area contributed by atoms with Crippen LogP contribution < -0.4 is 15.8 Å². The highest BCUT2D eigenvalue weighted by Gasteiger charge is 2.19. The van der Waals surface area contributed by atoms with Crippen molar-refractivity contribution in [2.24, 2.45) is 11.7 Å². The van der Waals surface area contributed by atoms with E-state index in [0.29, 0.717) is 6.61 Å². The predicted molar refractivity (Wildman–Crippen MR) is 86.6 cm³/mol. The Morgan fingerprint density at radius 2 is 1.95 bits per heavy atom. The van der Waals surface area contributed by atoms with Crippen molar-refractivity contribution in [3.63, 3.8) is 0 Å². The average Bonchev–Trinajstić information content (AvgIpc) is 2.47. The van der Waals surface area contributed by atoms with Gasteiger partial charge in [-0.05, 0) is 44.3 Å². The fourth-order valence-corrected chi connectivity index (χ4v) is 1.72. The Morgan fingerprint density at radius 3 is 2.48 bits per heavy atom. The molecular weight excluding hydrogens is 266 g/mol. The standard InChI is InChI=1S/C16H27N3O2/c1-5-12(2)15(17)16(20)18-13-6-8-14(9-7-13)21-11-10-19(3)4/h6-9,12,15H,5,10-11,17H2,1-4H3,(H,18,20)/t12-,15-/m0/s1. The van der Waals surface area contributed by atoms with Gasteiger partial charge in [0.2, 0.25) is 5.91 Å². The lowest BCUT2D eigenvalue weighted by Gasteiger charge is -2.18. The molecule has 118 valence electrons. The van der Waals surface area contributed by atoms with Crippen LogP contribution in [0.4, 0.5) is 5.69 Å². The maximum Gasteiger partial charge on any atom is 0.241 e. The van der Waals surface area contributed by atoms with Gasteiger partial charge in [0.1, 0.15) is 12.4 Å². The first-order chi connectivity index (χ1) is 9.93. The highest BCUT2D eigenvalue weighted by atomic mass is 16.5. The number of rotatable bonds is 8. The van der Waals surface area contributed by atoms with Gasteiger partial charge in [0.15, 0.2) is 0 Å². The molecular formula is C16H27N3O2. The summed E-state index contributed by atoms with van der Waals surface area (Å²) in [6, 6.07) is 6.87. The zero-order chi connectivity index (χ0) is 15.8. The van der Waals surface area contributed by atoms with E-state index in [4.69, 9.17) is 10.5 Å². The molecule has 0 fully saturated rings. The van der Waals surface area contributed by atoms with Gasteiger partial charge < -0.3 is 20.7 Å². The molecule has 3 N–H and O–H groups in total. The summed E-state index contributed by atoms with van der Waals surface area (Å²) < 4.78 is 5.60. The first-order valence-electron chi connectivity index (χ1n) is 7.38. The van der Waals surface area contributed by atoms with Crippen LogP contribution in [0.15, 0.2) is 24.3 Å². The zero-order valence-corrected chi connectivity index (χ0v) is 13.4. The number of nitrogens with two attached hydrogens (primary N) is 1. The Balaban J connectivity index is 2.49. The van der Waals surface area contributed by atoms with Gasteiger partial charge in [0, 0.05) is 12.2 Å². The number of anilines is 1. The van der Waals surface area contributed by atoms with Crippen LogP contribution in [0.25, 0.3) is 0 Å². The average molecular weight is 293 g/mol. The minimum atomic E-state index is -0.481. The van der Waals surface area contributed by atoms with Gasteiger partial charge in [0.25, 0.3) is 0 Å². The molecule has 5 nitrogen and oxygen atoms in total. The third-order valence-electron chi connectivity index (χ3n) is 3.49. The summed E-state index contributed by atoms with van der Waals surface area (Å²) in [6.45, 7) is 5.50. The lowest BCUT2D eigenvalue weighted by Crippen LogP contribution is -2.40. The van der Waals surface area contributed by atoms with Crippen molar-refractivity contribution in [3.8, 4) is 5.75 Å². The molecule has 0 aliphatic heterocycles. The predicted octanol–water partition coefficient (Wildman–Crippen LogP) is 1.94. The van der Waals surface area contributed by atoms with Crippen LogP contribution in [-0.4, -0.2) is 44.1 Å². The molecule has 0 spiro atoms. The van der Waals surface area contributed by atoms with Gasteiger partial charge in [-0.1, -0.05) is 20.3 Å². The van der Waals surface area contributed by atoms with Gasteiger partial charge in [-0.15, -0.1) is 0 Å². The maximum atomic E-state index is 12.0. The summed E-state index contributed by atoms with van der Waals surface area (Å²) in [5.74, 6) is 0.810. The minimum Gasteiger partial charge on any atom is -0.492 e. The lowest BCUT2D eigenvalue weighted by atomic mass is 9.99. The van der Waals surface area contributed by atoms with Crippen LogP contribution in [0.2, 0.25) is 0 Å². The van der Waals surface area contributed by atoms with E-state index in [0.717, 1.165) is 24.4 Å². The van der Waals surface area contributed by atoms with Crippen LogP contribution in [0.1, 0.15) is 20.3 Å². The second-order valence-corrected chi connectivity index (χ2v) is 5.58. The molecule has 2 atom stereocenters. The number of benzene rings is 1. The molecule has 1 rings (SSSR count). The van der Waals surface area contributed by atoms with Crippen LogP contribution in [0.3, 0.4) is 0 Å². The Kier molecular flexibility index (Phi) is 7.19. The summed E-state index contributed by atoms with van der Waals surface area (Å²) >= 11 is 0. The highest BCUT2D eigenvalue weighted by molar-refractivity contribution is 5.94. The van der Waals surface area contributed by atoms with E-state index in [1.807, 2.05) is 52.2 Å². The fraction of sp³-hybridized carbons (Fsp3) is 0.562. The normalized spacial score (nSPS) is 13.8. The van der Waals surface area contributed by atoms with E-state index < -0.39 is 6.04 Å². The Morgan fingerprint density at radius 1 is 1.33 bits per heavy atom. The molecule has 0 saturated heterocycles. The van der Waals surface area contributed by atoms with Crippen LogP contribution in [0.5, 0.6) is 5.75 Å². The number of nitrogens with zero attached hydrogens (tertiary/aromatic N) is 1. The maximum absolute atomic E-state index is 12.0. The van der Waals surface area contributed by atoms with Gasteiger partial charge in [-0.3, -0.25) is 4.79 Å². The summed E-state index contributed by atoms with van der Waals surface area (Å²) in [4.78, 5) is 14.0. The number of carbonyl (C=O) groups is 1. The number of amides is 1. The molecule has 21 heavy (non-hydrogen) atoms. The number of hydrogen-bond donors (Lipinski definition) is 2. The molecule has 0 aliphatic carbocycles. The van der Waals surface area contributed by atoms with Crippen molar-refractivity contribution in [3.05, 3.63) is 24.3 Å². The Labute approximate surface area is 127 Å². The molecule has 0 heterocycles. The number of nitrogens with one attached hydrogen (secondary N) is 1. The molecule has 0 radical (unpaired) electrons. The summed E-state index contributed by atoms with van der Waals surface area (Å²) in [5, 5.41) is 2.83. The van der Waals surface area contributed by atoms with Crippen molar-refractivity contribution >= 4 is 11.6 Å². The molecule has 1 amide bonds. The van der Waals surface area contributed by atoms with Gasteiger partial charge in [-0.2, -0.15) is 0 Å². The van der Waals surface area contributed by atoms with Gasteiger partial charge in [-0.25, -0.2) is 0 Å². The van der Waals surface area contributed by atoms with Crippen molar-refractivity contribution in [1.29, 1.82) is 0 Å². The second-order valence-electron chi connectivity index (χ2n) is 5.58. The molecule has 0 saturated carbocycles. The molecule has 1 aromatic rings. The van der Waals surface area contributed by atoms with E-state index in [-0.39, 0.29) is 11.8 Å². The highest BCUT2D eigenvalue weighted by Crippen LogP contribution is 2.16. The monoisotopic (exact) mass is 293 g/mol. The Bertz CT molecular complexity index is 432. The summed E-state index contributed by atoms with van der Waals surface area (Å²) in [5.41, 5.74) is 6.64. The molecule has 5 heteroatoms. The van der Waals surface area contributed by atoms with E-state index >= 15 is 0 Å². The second kappa shape index (κ2) is 8.64. The summed E-state index contributed by atoms with van der Waals surface area (Å²) in [7, 11) is 4.01. The molecule has 0 aromatic heterocycles.